The summed E-state index contributed by atoms with van der Waals surface area (Å²) in [6.07, 6.45) is 2.88. The van der Waals surface area contributed by atoms with Gasteiger partial charge in [-0.05, 0) is 18.2 Å². The van der Waals surface area contributed by atoms with Crippen LogP contribution in [0.5, 0.6) is 0 Å². The monoisotopic (exact) mass is 246 g/mol. The van der Waals surface area contributed by atoms with E-state index in [0.717, 1.165) is 0 Å². The predicted molar refractivity (Wildman–Crippen MR) is 65.8 cm³/mol. The number of benzene rings is 1. The summed E-state index contributed by atoms with van der Waals surface area (Å²) in [4.78, 5) is 26.2. The van der Waals surface area contributed by atoms with Gasteiger partial charge in [-0.2, -0.15) is 0 Å². The first-order valence-electron chi connectivity index (χ1n) is 5.33. The number of Topliss-reactive ketones (excluding diaryl/α,β-unsaturated/α-hetero) is 1. The fourth-order valence-electron chi connectivity index (χ4n) is 1.65. The van der Waals surface area contributed by atoms with E-state index in [-0.39, 0.29) is 12.1 Å². The van der Waals surface area contributed by atoms with Crippen molar-refractivity contribution in [1.82, 2.24) is 10.3 Å². The molecule has 0 bridgehead atoms. The third-order valence-electron chi connectivity index (χ3n) is 2.50. The Morgan fingerprint density at radius 2 is 2.22 bits per heavy atom. The van der Waals surface area contributed by atoms with Crippen LogP contribution in [0.1, 0.15) is 10.4 Å². The normalized spacial score (nSPS) is 10.3. The Hall–Kier alpha value is -2.43. The van der Waals surface area contributed by atoms with Crippen LogP contribution >= 0.6 is 0 Å². The van der Waals surface area contributed by atoms with E-state index in [4.69, 9.17) is 0 Å². The molecule has 2 rings (SSSR count). The third kappa shape index (κ3) is 2.15. The van der Waals surface area contributed by atoms with Crippen molar-refractivity contribution in [1.29, 1.82) is 0 Å². The third-order valence-corrected chi connectivity index (χ3v) is 2.50. The molecule has 0 unspecified atom stereocenters. The maximum absolute atomic E-state index is 13.1. The van der Waals surface area contributed by atoms with E-state index in [9.17, 15) is 14.0 Å². The lowest BCUT2D eigenvalue weighted by Gasteiger charge is -2.00. The highest BCUT2D eigenvalue weighted by Crippen LogP contribution is 2.19. The van der Waals surface area contributed by atoms with Crippen LogP contribution in [0, 0.1) is 5.82 Å². The number of H-pyrrole nitrogens is 1. The standard InChI is InChI=1S/C13H11FN2O2/c1-2-5-15-13(18)12(17)10-7-16-11-4-3-8(14)6-9(10)11/h2-4,6-7,16H,1,5H2,(H,15,18). The zero-order valence-electron chi connectivity index (χ0n) is 9.50. The summed E-state index contributed by atoms with van der Waals surface area (Å²) >= 11 is 0. The molecule has 0 radical (unpaired) electrons. The number of hydrogen-bond acceptors (Lipinski definition) is 2. The largest absolute Gasteiger partial charge is 0.360 e. The predicted octanol–water partition coefficient (Wildman–Crippen LogP) is 1.79. The molecule has 18 heavy (non-hydrogen) atoms. The van der Waals surface area contributed by atoms with Crippen molar-refractivity contribution in [3.05, 3.63) is 48.4 Å². The first-order chi connectivity index (χ1) is 8.63. The molecule has 1 aromatic heterocycles. The van der Waals surface area contributed by atoms with Gasteiger partial charge in [-0.25, -0.2) is 4.39 Å². The van der Waals surface area contributed by atoms with Gasteiger partial charge < -0.3 is 10.3 Å². The van der Waals surface area contributed by atoms with Gasteiger partial charge >= 0.3 is 0 Å². The van der Waals surface area contributed by atoms with Crippen molar-refractivity contribution in [2.24, 2.45) is 0 Å². The fraction of sp³-hybridized carbons (Fsp3) is 0.0769. The Morgan fingerprint density at radius 1 is 1.44 bits per heavy atom. The van der Waals surface area contributed by atoms with Crippen LogP contribution < -0.4 is 5.32 Å². The Balaban J connectivity index is 2.36. The quantitative estimate of drug-likeness (QED) is 0.491. The van der Waals surface area contributed by atoms with Crippen LogP contribution in [0.3, 0.4) is 0 Å². The number of aromatic amines is 1. The van der Waals surface area contributed by atoms with Crippen LogP contribution in [0.2, 0.25) is 0 Å². The van der Waals surface area contributed by atoms with Crippen LogP contribution in [-0.4, -0.2) is 23.2 Å². The number of carbonyl (C=O) groups excluding carboxylic acids is 2. The van der Waals surface area contributed by atoms with Crippen LogP contribution in [0.15, 0.2) is 37.1 Å². The molecular formula is C13H11FN2O2. The number of fused-ring (bicyclic) bond motifs is 1. The average Bonchev–Trinajstić information content (AvgIpc) is 2.77. The zero-order valence-corrected chi connectivity index (χ0v) is 9.50. The summed E-state index contributed by atoms with van der Waals surface area (Å²) in [5.74, 6) is -1.89. The molecule has 4 nitrogen and oxygen atoms in total. The molecule has 2 aromatic rings. The molecule has 0 atom stereocenters. The molecule has 1 heterocycles. The summed E-state index contributed by atoms with van der Waals surface area (Å²) in [7, 11) is 0. The van der Waals surface area contributed by atoms with Crippen LogP contribution in [0.25, 0.3) is 10.9 Å². The van der Waals surface area contributed by atoms with Crippen LogP contribution in [-0.2, 0) is 4.79 Å². The number of amides is 1. The zero-order chi connectivity index (χ0) is 13.1. The number of aromatic nitrogens is 1. The van der Waals surface area contributed by atoms with Crippen LogP contribution in [0.4, 0.5) is 4.39 Å². The second-order valence-electron chi connectivity index (χ2n) is 3.72. The maximum atomic E-state index is 13.1. The molecule has 2 N–H and O–H groups in total. The number of rotatable bonds is 4. The van der Waals surface area contributed by atoms with Gasteiger partial charge in [0.1, 0.15) is 5.82 Å². The van der Waals surface area contributed by atoms with E-state index in [0.29, 0.717) is 10.9 Å². The Kier molecular flexibility index (Phi) is 3.23. The SMILES string of the molecule is C=CCNC(=O)C(=O)c1c[nH]c2ccc(F)cc12. The fourth-order valence-corrected chi connectivity index (χ4v) is 1.65. The van der Waals surface area contributed by atoms with Gasteiger partial charge in [0, 0.05) is 23.6 Å². The Labute approximate surface area is 102 Å². The van der Waals surface area contributed by atoms with E-state index in [1.165, 1.54) is 30.5 Å². The van der Waals surface area contributed by atoms with E-state index in [2.05, 4.69) is 16.9 Å². The summed E-state index contributed by atoms with van der Waals surface area (Å²) in [5.41, 5.74) is 0.766. The van der Waals surface area contributed by atoms with Crippen molar-refractivity contribution in [2.45, 2.75) is 0 Å². The van der Waals surface area contributed by atoms with Crippen molar-refractivity contribution < 1.29 is 14.0 Å². The summed E-state index contributed by atoms with van der Waals surface area (Å²) < 4.78 is 13.1. The lowest BCUT2D eigenvalue weighted by molar-refractivity contribution is -0.116. The van der Waals surface area contributed by atoms with E-state index < -0.39 is 17.5 Å². The van der Waals surface area contributed by atoms with Gasteiger partial charge in [-0.3, -0.25) is 9.59 Å². The molecule has 5 heteroatoms. The van der Waals surface area contributed by atoms with Gasteiger partial charge in [0.15, 0.2) is 0 Å². The van der Waals surface area contributed by atoms with E-state index in [1.807, 2.05) is 0 Å². The maximum Gasteiger partial charge on any atom is 0.292 e. The minimum atomic E-state index is -0.736. The first-order valence-corrected chi connectivity index (χ1v) is 5.33. The lowest BCUT2D eigenvalue weighted by atomic mass is 10.1. The molecule has 0 aliphatic rings. The molecule has 1 amide bonds. The molecular weight excluding hydrogens is 235 g/mol. The van der Waals surface area contributed by atoms with Gasteiger partial charge in [-0.1, -0.05) is 6.08 Å². The highest BCUT2D eigenvalue weighted by Gasteiger charge is 2.19. The first kappa shape index (κ1) is 12.0. The second kappa shape index (κ2) is 4.83. The topological polar surface area (TPSA) is 62.0 Å². The smallest absolute Gasteiger partial charge is 0.292 e. The van der Waals surface area contributed by atoms with Gasteiger partial charge in [0.05, 0.1) is 5.56 Å². The summed E-state index contributed by atoms with van der Waals surface area (Å²) in [5, 5.41) is 2.78. The molecule has 0 aliphatic carbocycles. The van der Waals surface area contributed by atoms with E-state index >= 15 is 0 Å². The van der Waals surface area contributed by atoms with Crippen molar-refractivity contribution in [3.8, 4) is 0 Å². The molecule has 0 aliphatic heterocycles. The minimum absolute atomic E-state index is 0.158. The number of nitrogens with one attached hydrogen (secondary N) is 2. The molecule has 0 saturated carbocycles. The highest BCUT2D eigenvalue weighted by molar-refractivity contribution is 6.44. The summed E-state index contributed by atoms with van der Waals surface area (Å²) in [6.45, 7) is 3.64. The van der Waals surface area contributed by atoms with Crippen molar-refractivity contribution in [2.75, 3.05) is 6.54 Å². The molecule has 0 saturated heterocycles. The molecule has 0 spiro atoms. The summed E-state index contributed by atoms with van der Waals surface area (Å²) in [6, 6.07) is 4.02. The minimum Gasteiger partial charge on any atom is -0.360 e. The van der Waals surface area contributed by atoms with Gasteiger partial charge in [-0.15, -0.1) is 6.58 Å². The number of ketones is 1. The highest BCUT2D eigenvalue weighted by atomic mass is 19.1. The number of halogens is 1. The van der Waals surface area contributed by atoms with E-state index in [1.54, 1.807) is 0 Å². The van der Waals surface area contributed by atoms with Gasteiger partial charge in [0.2, 0.25) is 0 Å². The van der Waals surface area contributed by atoms with Gasteiger partial charge in [0.25, 0.3) is 11.7 Å². The number of hydrogen-bond donors (Lipinski definition) is 2. The Morgan fingerprint density at radius 3 is 2.94 bits per heavy atom. The Bertz CT molecular complexity index is 631. The lowest BCUT2D eigenvalue weighted by Crippen LogP contribution is -2.30. The molecule has 92 valence electrons. The van der Waals surface area contributed by atoms with Crippen molar-refractivity contribution in [3.63, 3.8) is 0 Å². The second-order valence-corrected chi connectivity index (χ2v) is 3.72. The average molecular weight is 246 g/mol. The molecule has 1 aromatic carbocycles. The molecule has 0 fully saturated rings. The number of carbonyl (C=O) groups is 2. The van der Waals surface area contributed by atoms with Crippen molar-refractivity contribution >= 4 is 22.6 Å².